The van der Waals surface area contributed by atoms with Gasteiger partial charge in [0.25, 0.3) is 0 Å². The summed E-state index contributed by atoms with van der Waals surface area (Å²) in [7, 11) is -3.60. The van der Waals surface area contributed by atoms with Crippen LogP contribution >= 0.6 is 0 Å². The van der Waals surface area contributed by atoms with Crippen molar-refractivity contribution in [2.75, 3.05) is 6.54 Å². The normalized spacial score (nSPS) is 16.6. The summed E-state index contributed by atoms with van der Waals surface area (Å²) in [6.07, 6.45) is 9.35. The molecule has 0 amide bonds. The van der Waals surface area contributed by atoms with E-state index in [0.29, 0.717) is 18.0 Å². The van der Waals surface area contributed by atoms with E-state index in [2.05, 4.69) is 9.71 Å². The van der Waals surface area contributed by atoms with Crippen LogP contribution < -0.4 is 4.72 Å². The minimum absolute atomic E-state index is 0.0491. The number of rotatable bonds is 6. The Morgan fingerprint density at radius 1 is 1.38 bits per heavy atom. The van der Waals surface area contributed by atoms with Crippen molar-refractivity contribution < 1.29 is 18.3 Å². The zero-order valence-electron chi connectivity index (χ0n) is 11.5. The zero-order chi connectivity index (χ0) is 15.3. The Kier molecular flexibility index (Phi) is 5.08. The van der Waals surface area contributed by atoms with Gasteiger partial charge in [-0.25, -0.2) is 17.9 Å². The molecule has 0 radical (unpaired) electrons. The Morgan fingerprint density at radius 2 is 2.10 bits per heavy atom. The molecule has 1 heterocycles. The van der Waals surface area contributed by atoms with Crippen LogP contribution in [0.25, 0.3) is 6.08 Å². The van der Waals surface area contributed by atoms with Gasteiger partial charge in [0.05, 0.1) is 0 Å². The molecule has 1 aliphatic rings. The second kappa shape index (κ2) is 6.82. The number of pyridine rings is 1. The number of carboxylic acid groups (broad SMARTS) is 1. The van der Waals surface area contributed by atoms with E-state index in [1.54, 1.807) is 0 Å². The summed E-state index contributed by atoms with van der Waals surface area (Å²) in [5, 5.41) is 8.57. The minimum atomic E-state index is -3.60. The highest BCUT2D eigenvalue weighted by molar-refractivity contribution is 7.89. The first-order chi connectivity index (χ1) is 9.97. The van der Waals surface area contributed by atoms with Crippen LogP contribution in [-0.4, -0.2) is 31.0 Å². The van der Waals surface area contributed by atoms with Gasteiger partial charge in [-0.15, -0.1) is 0 Å². The van der Waals surface area contributed by atoms with Crippen molar-refractivity contribution in [3.8, 4) is 0 Å². The van der Waals surface area contributed by atoms with Gasteiger partial charge in [0.15, 0.2) is 0 Å². The molecule has 21 heavy (non-hydrogen) atoms. The third-order valence-corrected chi connectivity index (χ3v) is 4.89. The van der Waals surface area contributed by atoms with Crippen molar-refractivity contribution in [3.05, 3.63) is 30.1 Å². The van der Waals surface area contributed by atoms with Crippen molar-refractivity contribution in [3.63, 3.8) is 0 Å². The Morgan fingerprint density at radius 3 is 2.76 bits per heavy atom. The fraction of sp³-hybridized carbons (Fsp3) is 0.429. The second-order valence-corrected chi connectivity index (χ2v) is 6.89. The number of sulfonamides is 1. The smallest absolute Gasteiger partial charge is 0.328 e. The van der Waals surface area contributed by atoms with Crippen LogP contribution in [-0.2, 0) is 14.8 Å². The summed E-state index contributed by atoms with van der Waals surface area (Å²) >= 11 is 0. The van der Waals surface area contributed by atoms with E-state index in [4.69, 9.17) is 5.11 Å². The fourth-order valence-electron chi connectivity index (χ4n) is 2.37. The molecule has 0 aromatic carbocycles. The monoisotopic (exact) mass is 310 g/mol. The molecule has 1 aromatic rings. The van der Waals surface area contributed by atoms with Crippen molar-refractivity contribution in [2.45, 2.75) is 30.6 Å². The summed E-state index contributed by atoms with van der Waals surface area (Å²) < 4.78 is 27.0. The largest absolute Gasteiger partial charge is 0.478 e. The van der Waals surface area contributed by atoms with Crippen molar-refractivity contribution >= 4 is 22.1 Å². The number of aromatic nitrogens is 1. The standard InChI is InChI=1S/C14H18N2O4S/c17-14(18)6-5-12-7-13(10-15-8-12)21(19,20)16-9-11-3-1-2-4-11/h5-8,10-11,16H,1-4,9H2,(H,17,18). The third-order valence-electron chi connectivity index (χ3n) is 3.50. The summed E-state index contributed by atoms with van der Waals surface area (Å²) in [6.45, 7) is 0.442. The highest BCUT2D eigenvalue weighted by Gasteiger charge is 2.20. The maximum Gasteiger partial charge on any atom is 0.328 e. The molecule has 2 N–H and O–H groups in total. The number of nitrogens with one attached hydrogen (secondary N) is 1. The third kappa shape index (κ3) is 4.64. The van der Waals surface area contributed by atoms with E-state index >= 15 is 0 Å². The van der Waals surface area contributed by atoms with Crippen LogP contribution in [0.4, 0.5) is 0 Å². The predicted octanol–water partition coefficient (Wildman–Crippen LogP) is 1.65. The predicted molar refractivity (Wildman–Crippen MR) is 78.1 cm³/mol. The van der Waals surface area contributed by atoms with Gasteiger partial charge >= 0.3 is 5.97 Å². The van der Waals surface area contributed by atoms with Gasteiger partial charge in [0.1, 0.15) is 4.90 Å². The minimum Gasteiger partial charge on any atom is -0.478 e. The lowest BCUT2D eigenvalue weighted by atomic mass is 10.1. The second-order valence-electron chi connectivity index (χ2n) is 5.13. The maximum atomic E-state index is 12.2. The molecule has 7 heteroatoms. The molecule has 2 rings (SSSR count). The molecule has 0 spiro atoms. The molecule has 1 saturated carbocycles. The first kappa shape index (κ1) is 15.7. The number of carboxylic acids is 1. The summed E-state index contributed by atoms with van der Waals surface area (Å²) in [5.41, 5.74) is 0.432. The van der Waals surface area contributed by atoms with Gasteiger partial charge in [-0.05, 0) is 36.5 Å². The van der Waals surface area contributed by atoms with E-state index in [9.17, 15) is 13.2 Å². The van der Waals surface area contributed by atoms with Gasteiger partial charge < -0.3 is 5.11 Å². The van der Waals surface area contributed by atoms with Crippen LogP contribution in [0.1, 0.15) is 31.2 Å². The fourth-order valence-corrected chi connectivity index (χ4v) is 3.48. The Balaban J connectivity index is 2.08. The molecule has 114 valence electrons. The van der Waals surface area contributed by atoms with Crippen LogP contribution in [0.15, 0.2) is 29.4 Å². The first-order valence-electron chi connectivity index (χ1n) is 6.83. The van der Waals surface area contributed by atoms with Crippen molar-refractivity contribution in [2.24, 2.45) is 5.92 Å². The molecule has 0 unspecified atom stereocenters. The number of aliphatic carboxylic acids is 1. The van der Waals surface area contributed by atoms with E-state index in [1.165, 1.54) is 24.5 Å². The van der Waals surface area contributed by atoms with Crippen molar-refractivity contribution in [1.82, 2.24) is 9.71 Å². The van der Waals surface area contributed by atoms with E-state index < -0.39 is 16.0 Å². The van der Waals surface area contributed by atoms with Gasteiger partial charge in [0, 0.05) is 25.0 Å². The molecule has 0 aliphatic heterocycles. The molecule has 0 saturated heterocycles. The van der Waals surface area contributed by atoms with Crippen LogP contribution in [0.3, 0.4) is 0 Å². The Labute approximate surface area is 124 Å². The van der Waals surface area contributed by atoms with Crippen LogP contribution in [0, 0.1) is 5.92 Å². The molecular weight excluding hydrogens is 292 g/mol. The van der Waals surface area contributed by atoms with Gasteiger partial charge in [-0.2, -0.15) is 0 Å². The number of carbonyl (C=O) groups is 1. The zero-order valence-corrected chi connectivity index (χ0v) is 12.3. The molecule has 1 aromatic heterocycles. The highest BCUT2D eigenvalue weighted by atomic mass is 32.2. The van der Waals surface area contributed by atoms with Crippen LogP contribution in [0.2, 0.25) is 0 Å². The maximum absolute atomic E-state index is 12.2. The van der Waals surface area contributed by atoms with E-state index in [-0.39, 0.29) is 4.90 Å². The lowest BCUT2D eigenvalue weighted by molar-refractivity contribution is -0.131. The molecule has 0 bridgehead atoms. The lowest BCUT2D eigenvalue weighted by Gasteiger charge is -2.11. The highest BCUT2D eigenvalue weighted by Crippen LogP contribution is 2.24. The number of hydrogen-bond donors (Lipinski definition) is 2. The number of hydrogen-bond acceptors (Lipinski definition) is 4. The van der Waals surface area contributed by atoms with E-state index in [1.807, 2.05) is 0 Å². The van der Waals surface area contributed by atoms with Crippen molar-refractivity contribution in [1.29, 1.82) is 0 Å². The molecule has 6 nitrogen and oxygen atoms in total. The van der Waals surface area contributed by atoms with Gasteiger partial charge in [0.2, 0.25) is 10.0 Å². The number of nitrogens with zero attached hydrogens (tertiary/aromatic N) is 1. The Bertz CT molecular complexity index is 634. The molecular formula is C14H18N2O4S. The first-order valence-corrected chi connectivity index (χ1v) is 8.31. The molecule has 1 aliphatic carbocycles. The van der Waals surface area contributed by atoms with Crippen LogP contribution in [0.5, 0.6) is 0 Å². The average molecular weight is 310 g/mol. The topological polar surface area (TPSA) is 96.4 Å². The van der Waals surface area contributed by atoms with E-state index in [0.717, 1.165) is 31.8 Å². The Hall–Kier alpha value is -1.73. The average Bonchev–Trinajstić information content (AvgIpc) is 2.97. The van der Waals surface area contributed by atoms with Gasteiger partial charge in [-0.1, -0.05) is 12.8 Å². The molecule has 1 fully saturated rings. The summed E-state index contributed by atoms with van der Waals surface area (Å²) in [4.78, 5) is 14.4. The quantitative estimate of drug-likeness (QED) is 0.779. The van der Waals surface area contributed by atoms with Gasteiger partial charge in [-0.3, -0.25) is 4.98 Å². The SMILES string of the molecule is O=C(O)C=Cc1cncc(S(=O)(=O)NCC2CCCC2)c1. The summed E-state index contributed by atoms with van der Waals surface area (Å²) in [6, 6.07) is 1.41. The lowest BCUT2D eigenvalue weighted by Crippen LogP contribution is -2.28. The summed E-state index contributed by atoms with van der Waals surface area (Å²) in [5.74, 6) is -0.689. The molecule has 0 atom stereocenters.